The summed E-state index contributed by atoms with van der Waals surface area (Å²) in [7, 11) is 4.05. The minimum atomic E-state index is -0.138. The summed E-state index contributed by atoms with van der Waals surface area (Å²) in [6.45, 7) is 7.31. The molecule has 1 aromatic carbocycles. The molecule has 0 atom stereocenters. The number of nitrogens with one attached hydrogen (secondary N) is 1. The van der Waals surface area contributed by atoms with Gasteiger partial charge in [0, 0.05) is 44.5 Å². The lowest BCUT2D eigenvalue weighted by atomic mass is 10.2. The molecule has 1 aromatic heterocycles. The standard InChI is InChI=1S/C21H30N6O/c1-17-6-4-7-18(14-17)26-10-12-27(13-11-26)20-15-19(23-16-24-20)21(28)22-8-5-9-25(2)3/h4,6-7,14-16H,5,8-13H2,1-3H3,(H,22,28). The Morgan fingerprint density at radius 2 is 1.86 bits per heavy atom. The van der Waals surface area contributed by atoms with Crippen LogP contribution < -0.4 is 15.1 Å². The number of aryl methyl sites for hydroxylation is 1. The van der Waals surface area contributed by atoms with E-state index in [-0.39, 0.29) is 5.91 Å². The van der Waals surface area contributed by atoms with Crippen LogP contribution in [0.25, 0.3) is 0 Å². The van der Waals surface area contributed by atoms with Gasteiger partial charge in [-0.05, 0) is 51.7 Å². The lowest BCUT2D eigenvalue weighted by Crippen LogP contribution is -2.47. The van der Waals surface area contributed by atoms with Crippen molar-refractivity contribution in [2.75, 3.05) is 63.2 Å². The molecule has 1 aliphatic heterocycles. The van der Waals surface area contributed by atoms with E-state index in [2.05, 4.69) is 61.2 Å². The van der Waals surface area contributed by atoms with E-state index in [0.717, 1.165) is 45.0 Å². The summed E-state index contributed by atoms with van der Waals surface area (Å²) >= 11 is 0. The number of carbonyl (C=O) groups excluding carboxylic acids is 1. The second-order valence-electron chi connectivity index (χ2n) is 7.49. The third kappa shape index (κ3) is 5.42. The minimum absolute atomic E-state index is 0.138. The zero-order valence-electron chi connectivity index (χ0n) is 17.1. The van der Waals surface area contributed by atoms with Gasteiger partial charge in [-0.15, -0.1) is 0 Å². The molecule has 150 valence electrons. The average Bonchev–Trinajstić information content (AvgIpc) is 2.71. The van der Waals surface area contributed by atoms with Gasteiger partial charge in [0.05, 0.1) is 0 Å². The van der Waals surface area contributed by atoms with Crippen molar-refractivity contribution in [3.8, 4) is 0 Å². The van der Waals surface area contributed by atoms with Gasteiger partial charge in [0.2, 0.25) is 0 Å². The van der Waals surface area contributed by atoms with Gasteiger partial charge in [0.25, 0.3) is 5.91 Å². The monoisotopic (exact) mass is 382 g/mol. The number of nitrogens with zero attached hydrogens (tertiary/aromatic N) is 5. The highest BCUT2D eigenvalue weighted by molar-refractivity contribution is 5.92. The topological polar surface area (TPSA) is 64.6 Å². The van der Waals surface area contributed by atoms with Gasteiger partial charge in [0.1, 0.15) is 17.8 Å². The van der Waals surface area contributed by atoms with Gasteiger partial charge in [-0.3, -0.25) is 4.79 Å². The van der Waals surface area contributed by atoms with Gasteiger partial charge >= 0.3 is 0 Å². The molecule has 2 aromatic rings. The van der Waals surface area contributed by atoms with E-state index >= 15 is 0 Å². The lowest BCUT2D eigenvalue weighted by molar-refractivity contribution is 0.0947. The maximum atomic E-state index is 12.4. The van der Waals surface area contributed by atoms with Gasteiger partial charge in [-0.2, -0.15) is 0 Å². The minimum Gasteiger partial charge on any atom is -0.368 e. The maximum absolute atomic E-state index is 12.4. The van der Waals surface area contributed by atoms with Crippen LogP contribution in [0.2, 0.25) is 0 Å². The molecule has 2 heterocycles. The fraction of sp³-hybridized carbons (Fsp3) is 0.476. The SMILES string of the molecule is Cc1cccc(N2CCN(c3cc(C(=O)NCCCN(C)C)ncn3)CC2)c1. The van der Waals surface area contributed by atoms with Crippen molar-refractivity contribution in [1.29, 1.82) is 0 Å². The molecule has 7 nitrogen and oxygen atoms in total. The van der Waals surface area contributed by atoms with Gasteiger partial charge in [-0.25, -0.2) is 9.97 Å². The zero-order chi connectivity index (χ0) is 19.9. The van der Waals surface area contributed by atoms with Crippen LogP contribution in [0.3, 0.4) is 0 Å². The quantitative estimate of drug-likeness (QED) is 0.737. The largest absolute Gasteiger partial charge is 0.368 e. The number of piperazine rings is 1. The molecule has 1 N–H and O–H groups in total. The summed E-state index contributed by atoms with van der Waals surface area (Å²) in [5.74, 6) is 0.679. The molecule has 1 amide bonds. The summed E-state index contributed by atoms with van der Waals surface area (Å²) in [4.78, 5) is 27.6. The van der Waals surface area contributed by atoms with Crippen molar-refractivity contribution in [2.45, 2.75) is 13.3 Å². The smallest absolute Gasteiger partial charge is 0.270 e. The molecule has 1 aliphatic rings. The molecule has 0 spiro atoms. The molecule has 0 bridgehead atoms. The predicted octanol–water partition coefficient (Wildman–Crippen LogP) is 1.79. The first-order valence-corrected chi connectivity index (χ1v) is 9.84. The summed E-state index contributed by atoms with van der Waals surface area (Å²) in [5.41, 5.74) is 2.97. The summed E-state index contributed by atoms with van der Waals surface area (Å²) < 4.78 is 0. The molecule has 3 rings (SSSR count). The number of anilines is 2. The van der Waals surface area contributed by atoms with Crippen LogP contribution in [0.15, 0.2) is 36.7 Å². The Bertz CT molecular complexity index is 786. The molecule has 0 aliphatic carbocycles. The zero-order valence-corrected chi connectivity index (χ0v) is 17.1. The van der Waals surface area contributed by atoms with Crippen molar-refractivity contribution in [2.24, 2.45) is 0 Å². The van der Waals surface area contributed by atoms with Crippen LogP contribution in [0.5, 0.6) is 0 Å². The van der Waals surface area contributed by atoms with Crippen molar-refractivity contribution in [3.63, 3.8) is 0 Å². The number of benzene rings is 1. The van der Waals surface area contributed by atoms with Crippen molar-refractivity contribution in [1.82, 2.24) is 20.2 Å². The number of carbonyl (C=O) groups is 1. The third-order valence-corrected chi connectivity index (χ3v) is 4.92. The van der Waals surface area contributed by atoms with Crippen LogP contribution in [0, 0.1) is 6.92 Å². The van der Waals surface area contributed by atoms with E-state index in [4.69, 9.17) is 0 Å². The highest BCUT2D eigenvalue weighted by Gasteiger charge is 2.19. The summed E-state index contributed by atoms with van der Waals surface area (Å²) in [6, 6.07) is 10.4. The Labute approximate surface area is 167 Å². The predicted molar refractivity (Wildman–Crippen MR) is 113 cm³/mol. The number of rotatable bonds is 7. The van der Waals surface area contributed by atoms with Crippen LogP contribution in [-0.2, 0) is 0 Å². The molecular formula is C21H30N6O. The molecule has 1 saturated heterocycles. The van der Waals surface area contributed by atoms with Crippen molar-refractivity contribution < 1.29 is 4.79 Å². The Kier molecular flexibility index (Phi) is 6.81. The second kappa shape index (κ2) is 9.50. The first-order valence-electron chi connectivity index (χ1n) is 9.84. The average molecular weight is 383 g/mol. The van der Waals surface area contributed by atoms with Gasteiger partial charge in [0.15, 0.2) is 0 Å². The normalized spacial score (nSPS) is 14.4. The number of hydrogen-bond acceptors (Lipinski definition) is 6. The van der Waals surface area contributed by atoms with Crippen LogP contribution in [0.4, 0.5) is 11.5 Å². The molecule has 0 radical (unpaired) electrons. The van der Waals surface area contributed by atoms with E-state index in [1.807, 2.05) is 14.1 Å². The van der Waals surface area contributed by atoms with E-state index in [1.165, 1.54) is 17.6 Å². The van der Waals surface area contributed by atoms with E-state index < -0.39 is 0 Å². The molecule has 7 heteroatoms. The Morgan fingerprint density at radius 1 is 1.11 bits per heavy atom. The third-order valence-electron chi connectivity index (χ3n) is 4.92. The Balaban J connectivity index is 1.55. The molecule has 28 heavy (non-hydrogen) atoms. The Hall–Kier alpha value is -2.67. The first-order chi connectivity index (χ1) is 13.5. The van der Waals surface area contributed by atoms with E-state index in [0.29, 0.717) is 12.2 Å². The number of hydrogen-bond donors (Lipinski definition) is 1. The number of amides is 1. The fourth-order valence-electron chi connectivity index (χ4n) is 3.35. The first kappa shape index (κ1) is 20.1. The molecule has 0 saturated carbocycles. The molecule has 1 fully saturated rings. The highest BCUT2D eigenvalue weighted by atomic mass is 16.1. The summed E-state index contributed by atoms with van der Waals surface area (Å²) in [5, 5.41) is 2.94. The second-order valence-corrected chi connectivity index (χ2v) is 7.49. The van der Waals surface area contributed by atoms with Crippen LogP contribution in [-0.4, -0.2) is 74.1 Å². The Morgan fingerprint density at radius 3 is 2.57 bits per heavy atom. The number of aromatic nitrogens is 2. The van der Waals surface area contributed by atoms with Crippen LogP contribution >= 0.6 is 0 Å². The molecule has 0 unspecified atom stereocenters. The van der Waals surface area contributed by atoms with E-state index in [9.17, 15) is 4.79 Å². The molecular weight excluding hydrogens is 352 g/mol. The van der Waals surface area contributed by atoms with Gasteiger partial charge < -0.3 is 20.0 Å². The fourth-order valence-corrected chi connectivity index (χ4v) is 3.35. The van der Waals surface area contributed by atoms with Crippen LogP contribution in [0.1, 0.15) is 22.5 Å². The van der Waals surface area contributed by atoms with Crippen molar-refractivity contribution >= 4 is 17.4 Å². The van der Waals surface area contributed by atoms with Gasteiger partial charge in [-0.1, -0.05) is 12.1 Å². The maximum Gasteiger partial charge on any atom is 0.270 e. The lowest BCUT2D eigenvalue weighted by Gasteiger charge is -2.36. The van der Waals surface area contributed by atoms with E-state index in [1.54, 1.807) is 6.07 Å². The highest BCUT2D eigenvalue weighted by Crippen LogP contribution is 2.20. The van der Waals surface area contributed by atoms with Crippen molar-refractivity contribution in [3.05, 3.63) is 47.9 Å². The summed E-state index contributed by atoms with van der Waals surface area (Å²) in [6.07, 6.45) is 2.40.